The van der Waals surface area contributed by atoms with Gasteiger partial charge < -0.3 is 15.2 Å². The van der Waals surface area contributed by atoms with Gasteiger partial charge in [0, 0.05) is 17.1 Å². The van der Waals surface area contributed by atoms with Crippen molar-refractivity contribution in [2.45, 2.75) is 18.2 Å². The fourth-order valence-corrected chi connectivity index (χ4v) is 2.61. The van der Waals surface area contributed by atoms with Crippen LogP contribution in [0.15, 0.2) is 35.0 Å². The number of thioether (sulfide) groups is 1. The highest BCUT2D eigenvalue weighted by Crippen LogP contribution is 2.22. The topological polar surface area (TPSA) is 80.7 Å². The second-order valence-electron chi connectivity index (χ2n) is 4.65. The van der Waals surface area contributed by atoms with Gasteiger partial charge in [0.25, 0.3) is 0 Å². The van der Waals surface area contributed by atoms with Gasteiger partial charge in [0.05, 0.1) is 11.8 Å². The summed E-state index contributed by atoms with van der Waals surface area (Å²) in [6.07, 6.45) is 4.66. The minimum absolute atomic E-state index is 0.280. The Hall–Kier alpha value is -1.79. The normalized spacial score (nSPS) is 12.9. The molecule has 5 nitrogen and oxygen atoms in total. The molecule has 0 unspecified atom stereocenters. The number of benzene rings is 1. The molecule has 0 saturated heterocycles. The number of nitrogens with zero attached hydrogens (tertiary/aromatic N) is 2. The number of aromatic nitrogens is 3. The van der Waals surface area contributed by atoms with Crippen LogP contribution in [0, 0.1) is 0 Å². The maximum Gasteiger partial charge on any atom is 0.243 e. The van der Waals surface area contributed by atoms with Gasteiger partial charge in [-0.05, 0) is 24.3 Å². The molecule has 20 heavy (non-hydrogen) atoms. The first-order chi connectivity index (χ1) is 9.78. The molecule has 3 aromatic rings. The van der Waals surface area contributed by atoms with Gasteiger partial charge in [-0.25, -0.2) is 0 Å². The fourth-order valence-electron chi connectivity index (χ4n) is 2.23. The van der Waals surface area contributed by atoms with Gasteiger partial charge >= 0.3 is 0 Å². The smallest absolute Gasteiger partial charge is 0.243 e. The molecule has 0 saturated carbocycles. The Balaban J connectivity index is 1.79. The molecule has 0 aliphatic carbocycles. The molecule has 1 atom stereocenters. The van der Waals surface area contributed by atoms with E-state index in [-0.39, 0.29) is 6.04 Å². The summed E-state index contributed by atoms with van der Waals surface area (Å²) in [4.78, 5) is 7.57. The van der Waals surface area contributed by atoms with Crippen molar-refractivity contribution >= 4 is 22.7 Å². The van der Waals surface area contributed by atoms with E-state index in [2.05, 4.69) is 21.2 Å². The van der Waals surface area contributed by atoms with Crippen LogP contribution in [0.2, 0.25) is 0 Å². The van der Waals surface area contributed by atoms with E-state index in [9.17, 15) is 0 Å². The fraction of sp³-hybridized carbons (Fsp3) is 0.286. The Kier molecular flexibility index (Phi) is 3.75. The van der Waals surface area contributed by atoms with Crippen molar-refractivity contribution in [1.82, 2.24) is 15.1 Å². The molecule has 2 heterocycles. The van der Waals surface area contributed by atoms with E-state index in [0.717, 1.165) is 16.8 Å². The Morgan fingerprint density at radius 2 is 2.25 bits per heavy atom. The van der Waals surface area contributed by atoms with Crippen molar-refractivity contribution in [2.24, 2.45) is 5.73 Å². The molecule has 0 radical (unpaired) electrons. The molecule has 0 bridgehead atoms. The van der Waals surface area contributed by atoms with E-state index in [1.54, 1.807) is 11.8 Å². The lowest BCUT2D eigenvalue weighted by molar-refractivity contribution is 0.351. The Bertz CT molecular complexity index is 706. The van der Waals surface area contributed by atoms with Crippen LogP contribution in [0.25, 0.3) is 10.9 Å². The van der Waals surface area contributed by atoms with E-state index >= 15 is 0 Å². The number of H-pyrrole nitrogens is 1. The van der Waals surface area contributed by atoms with Gasteiger partial charge in [0.2, 0.25) is 5.89 Å². The lowest BCUT2D eigenvalue weighted by atomic mass is 10.1. The number of hydrogen-bond acceptors (Lipinski definition) is 5. The molecule has 6 heteroatoms. The van der Waals surface area contributed by atoms with Crippen molar-refractivity contribution < 1.29 is 4.52 Å². The van der Waals surface area contributed by atoms with Crippen LogP contribution in [0.5, 0.6) is 0 Å². The SMILES string of the molecule is CSCc1noc([C@H](N)Cc2c[nH]c3ccccc23)n1. The zero-order valence-electron chi connectivity index (χ0n) is 11.2. The molecular weight excluding hydrogens is 272 g/mol. The van der Waals surface area contributed by atoms with E-state index in [4.69, 9.17) is 10.3 Å². The highest BCUT2D eigenvalue weighted by atomic mass is 32.2. The minimum Gasteiger partial charge on any atom is -0.361 e. The summed E-state index contributed by atoms with van der Waals surface area (Å²) < 4.78 is 5.23. The highest BCUT2D eigenvalue weighted by molar-refractivity contribution is 7.97. The standard InChI is InChI=1S/C14H16N4OS/c1-20-8-13-17-14(19-18-13)11(15)6-9-7-16-12-5-3-2-4-10(9)12/h2-5,7,11,16H,6,8,15H2,1H3/t11-/m1/s1. The summed E-state index contributed by atoms with van der Waals surface area (Å²) in [5, 5.41) is 5.11. The first-order valence-corrected chi connectivity index (χ1v) is 7.79. The number of aromatic amines is 1. The number of hydrogen-bond donors (Lipinski definition) is 2. The molecule has 0 amide bonds. The minimum atomic E-state index is -0.280. The Morgan fingerprint density at radius 3 is 3.10 bits per heavy atom. The van der Waals surface area contributed by atoms with Crippen LogP contribution in [0.4, 0.5) is 0 Å². The van der Waals surface area contributed by atoms with Crippen LogP contribution in [0.3, 0.4) is 0 Å². The summed E-state index contributed by atoms with van der Waals surface area (Å²) in [6.45, 7) is 0. The summed E-state index contributed by atoms with van der Waals surface area (Å²) in [7, 11) is 0. The molecule has 0 fully saturated rings. The van der Waals surface area contributed by atoms with E-state index in [1.807, 2.05) is 30.7 Å². The summed E-state index contributed by atoms with van der Waals surface area (Å²) in [6, 6.07) is 7.88. The predicted octanol–water partition coefficient (Wildman–Crippen LogP) is 2.66. The summed E-state index contributed by atoms with van der Waals surface area (Å²) in [5.74, 6) is 1.93. The van der Waals surface area contributed by atoms with Gasteiger partial charge in [-0.1, -0.05) is 23.4 Å². The molecule has 2 aromatic heterocycles. The number of para-hydroxylation sites is 1. The van der Waals surface area contributed by atoms with Crippen LogP contribution in [-0.4, -0.2) is 21.4 Å². The van der Waals surface area contributed by atoms with Gasteiger partial charge in [-0.2, -0.15) is 16.7 Å². The third-order valence-electron chi connectivity index (χ3n) is 3.19. The zero-order valence-corrected chi connectivity index (χ0v) is 12.0. The maximum atomic E-state index is 6.17. The first-order valence-electron chi connectivity index (χ1n) is 6.40. The van der Waals surface area contributed by atoms with Crippen LogP contribution in [0.1, 0.15) is 23.3 Å². The molecule has 0 aliphatic heterocycles. The van der Waals surface area contributed by atoms with Gasteiger partial charge in [-0.3, -0.25) is 0 Å². The third-order valence-corrected chi connectivity index (χ3v) is 3.74. The molecular formula is C14H16N4OS. The average molecular weight is 288 g/mol. The Morgan fingerprint density at radius 1 is 1.40 bits per heavy atom. The van der Waals surface area contributed by atoms with Crippen LogP contribution >= 0.6 is 11.8 Å². The largest absolute Gasteiger partial charge is 0.361 e. The zero-order chi connectivity index (χ0) is 13.9. The first kappa shape index (κ1) is 13.2. The van der Waals surface area contributed by atoms with E-state index < -0.39 is 0 Å². The highest BCUT2D eigenvalue weighted by Gasteiger charge is 2.16. The van der Waals surface area contributed by atoms with Crippen LogP contribution in [-0.2, 0) is 12.2 Å². The molecule has 0 aliphatic rings. The Labute approximate surface area is 120 Å². The van der Waals surface area contributed by atoms with Crippen molar-refractivity contribution in [3.05, 3.63) is 47.7 Å². The van der Waals surface area contributed by atoms with Crippen LogP contribution < -0.4 is 5.73 Å². The summed E-state index contributed by atoms with van der Waals surface area (Å²) in [5.41, 5.74) is 8.45. The summed E-state index contributed by atoms with van der Waals surface area (Å²) >= 11 is 1.66. The van der Waals surface area contributed by atoms with Gasteiger partial charge in [0.15, 0.2) is 5.82 Å². The van der Waals surface area contributed by atoms with Crippen molar-refractivity contribution in [3.63, 3.8) is 0 Å². The molecule has 1 aromatic carbocycles. The van der Waals surface area contributed by atoms with Crippen molar-refractivity contribution in [2.75, 3.05) is 6.26 Å². The lowest BCUT2D eigenvalue weighted by Crippen LogP contribution is -2.13. The molecule has 0 spiro atoms. The van der Waals surface area contributed by atoms with E-state index in [1.165, 1.54) is 5.39 Å². The number of nitrogens with one attached hydrogen (secondary N) is 1. The molecule has 104 valence electrons. The average Bonchev–Trinajstić information content (AvgIpc) is 3.07. The second-order valence-corrected chi connectivity index (χ2v) is 5.52. The van der Waals surface area contributed by atoms with Crippen molar-refractivity contribution in [3.8, 4) is 0 Å². The number of nitrogens with two attached hydrogens (primary N) is 1. The molecule has 3 N–H and O–H groups in total. The van der Waals surface area contributed by atoms with Gasteiger partial charge in [0.1, 0.15) is 0 Å². The molecule has 3 rings (SSSR count). The third kappa shape index (κ3) is 2.57. The monoisotopic (exact) mass is 288 g/mol. The van der Waals surface area contributed by atoms with Crippen molar-refractivity contribution in [1.29, 1.82) is 0 Å². The quantitative estimate of drug-likeness (QED) is 0.754. The van der Waals surface area contributed by atoms with E-state index in [0.29, 0.717) is 18.1 Å². The van der Waals surface area contributed by atoms with Gasteiger partial charge in [-0.15, -0.1) is 0 Å². The maximum absolute atomic E-state index is 6.17. The lowest BCUT2D eigenvalue weighted by Gasteiger charge is -2.05. The second kappa shape index (κ2) is 5.68. The number of rotatable bonds is 5. The number of fused-ring (bicyclic) bond motifs is 1. The predicted molar refractivity (Wildman–Crippen MR) is 80.4 cm³/mol.